The zero-order chi connectivity index (χ0) is 23.5. The molecule has 1 heterocycles. The van der Waals surface area contributed by atoms with Crippen molar-refractivity contribution in [1.29, 1.82) is 0 Å². The normalized spacial score (nSPS) is 19.4. The first-order chi connectivity index (χ1) is 15.3. The summed E-state index contributed by atoms with van der Waals surface area (Å²) in [5, 5.41) is 12.1. The van der Waals surface area contributed by atoms with Crippen LogP contribution in [0.15, 0.2) is 83.6 Å². The summed E-state index contributed by atoms with van der Waals surface area (Å²) in [6.07, 6.45) is 1.18. The third-order valence-corrected chi connectivity index (χ3v) is 5.27. The number of methoxy groups -OCH3 is 2. The van der Waals surface area contributed by atoms with Crippen LogP contribution in [0, 0.1) is 0 Å². The maximum atomic E-state index is 13.1. The molecule has 1 aliphatic rings. The molecule has 1 N–H and O–H groups in total. The number of hydrogen-bond acceptors (Lipinski definition) is 7. The highest BCUT2D eigenvalue weighted by Crippen LogP contribution is 2.48. The van der Waals surface area contributed by atoms with Crippen LogP contribution in [-0.4, -0.2) is 48.0 Å². The molecule has 1 aliphatic heterocycles. The van der Waals surface area contributed by atoms with Gasteiger partial charge in [-0.15, -0.1) is 0 Å². The summed E-state index contributed by atoms with van der Waals surface area (Å²) in [4.78, 5) is 40.2. The van der Waals surface area contributed by atoms with Crippen molar-refractivity contribution < 1.29 is 29.0 Å². The molecule has 0 fully saturated rings. The number of benzene rings is 2. The number of nitrogens with zero attached hydrogens (tertiary/aromatic N) is 1. The van der Waals surface area contributed by atoms with E-state index >= 15 is 0 Å². The predicted octanol–water partition coefficient (Wildman–Crippen LogP) is 2.97. The van der Waals surface area contributed by atoms with Crippen LogP contribution in [0.4, 0.5) is 0 Å². The first-order valence-corrected chi connectivity index (χ1v) is 10.1. The fraction of sp³-hybridized carbons (Fsp3) is 0.240. The molecule has 0 spiro atoms. The monoisotopic (exact) mass is 435 g/mol. The van der Waals surface area contributed by atoms with Gasteiger partial charge < -0.3 is 19.5 Å². The Morgan fingerprint density at radius 3 is 1.94 bits per heavy atom. The second-order valence-electron chi connectivity index (χ2n) is 7.50. The number of rotatable bonds is 6. The van der Waals surface area contributed by atoms with Crippen LogP contribution < -0.4 is 0 Å². The van der Waals surface area contributed by atoms with Crippen molar-refractivity contribution in [3.8, 4) is 0 Å². The van der Waals surface area contributed by atoms with Gasteiger partial charge in [0.2, 0.25) is 0 Å². The summed E-state index contributed by atoms with van der Waals surface area (Å²) < 4.78 is 9.88. The number of esters is 2. The first kappa shape index (κ1) is 23.0. The van der Waals surface area contributed by atoms with E-state index in [1.807, 2.05) is 0 Å². The van der Waals surface area contributed by atoms with Gasteiger partial charge in [0, 0.05) is 22.7 Å². The Balaban J connectivity index is 2.38. The lowest BCUT2D eigenvalue weighted by molar-refractivity contribution is -0.143. The minimum atomic E-state index is -1.99. The molecular weight excluding hydrogens is 410 g/mol. The lowest BCUT2D eigenvalue weighted by Gasteiger charge is -2.40. The van der Waals surface area contributed by atoms with Crippen LogP contribution in [0.1, 0.15) is 29.8 Å². The zero-order valence-electron chi connectivity index (χ0n) is 18.4. The Labute approximate surface area is 186 Å². The van der Waals surface area contributed by atoms with E-state index in [4.69, 9.17) is 9.47 Å². The Bertz CT molecular complexity index is 1090. The van der Waals surface area contributed by atoms with Crippen LogP contribution in [0.3, 0.4) is 0 Å². The van der Waals surface area contributed by atoms with Crippen molar-refractivity contribution in [2.45, 2.75) is 25.6 Å². The number of hydrogen-bond donors (Lipinski definition) is 1. The summed E-state index contributed by atoms with van der Waals surface area (Å²) in [6.45, 7) is 3.52. The molecule has 0 amide bonds. The maximum absolute atomic E-state index is 13.1. The third kappa shape index (κ3) is 3.83. The lowest BCUT2D eigenvalue weighted by atomic mass is 9.89. The van der Waals surface area contributed by atoms with E-state index in [0.717, 1.165) is 0 Å². The van der Waals surface area contributed by atoms with Crippen LogP contribution in [0.2, 0.25) is 0 Å². The highest BCUT2D eigenvalue weighted by Gasteiger charge is 2.55. The number of allylic oxidation sites excluding steroid dienone is 1. The zero-order valence-corrected chi connectivity index (χ0v) is 18.4. The van der Waals surface area contributed by atoms with Crippen molar-refractivity contribution in [3.05, 3.63) is 94.7 Å². The number of ketones is 1. The van der Waals surface area contributed by atoms with Crippen LogP contribution >= 0.6 is 0 Å². The summed E-state index contributed by atoms with van der Waals surface area (Å²) in [5.74, 6) is -2.13. The molecule has 166 valence electrons. The quantitative estimate of drug-likeness (QED) is 0.424. The van der Waals surface area contributed by atoms with Crippen molar-refractivity contribution in [2.24, 2.45) is 0 Å². The van der Waals surface area contributed by atoms with Crippen molar-refractivity contribution in [3.63, 3.8) is 0 Å². The van der Waals surface area contributed by atoms with E-state index < -0.39 is 29.5 Å². The highest BCUT2D eigenvalue weighted by molar-refractivity contribution is 6.10. The summed E-state index contributed by atoms with van der Waals surface area (Å²) in [6, 6.07) is 16.5. The van der Waals surface area contributed by atoms with Crippen LogP contribution in [-0.2, 0) is 24.8 Å². The van der Waals surface area contributed by atoms with Gasteiger partial charge in [-0.25, -0.2) is 9.59 Å². The molecule has 0 bridgehead atoms. The average Bonchev–Trinajstić information content (AvgIpc) is 3.08. The van der Waals surface area contributed by atoms with E-state index in [1.165, 1.54) is 25.2 Å². The Morgan fingerprint density at radius 2 is 1.44 bits per heavy atom. The Morgan fingerprint density at radius 1 is 0.906 bits per heavy atom. The molecule has 2 aromatic carbocycles. The highest BCUT2D eigenvalue weighted by atomic mass is 16.5. The molecule has 0 saturated heterocycles. The molecular formula is C25H25NO6. The maximum Gasteiger partial charge on any atom is 0.355 e. The lowest BCUT2D eigenvalue weighted by Crippen LogP contribution is -2.48. The molecule has 7 heteroatoms. The summed E-state index contributed by atoms with van der Waals surface area (Å²) >= 11 is 0. The third-order valence-electron chi connectivity index (χ3n) is 5.27. The van der Waals surface area contributed by atoms with Gasteiger partial charge in [0.15, 0.2) is 11.5 Å². The molecule has 0 saturated carbocycles. The van der Waals surface area contributed by atoms with E-state index in [0.29, 0.717) is 11.1 Å². The smallest absolute Gasteiger partial charge is 0.355 e. The van der Waals surface area contributed by atoms with Gasteiger partial charge in [-0.2, -0.15) is 0 Å². The molecule has 0 radical (unpaired) electrons. The minimum Gasteiger partial charge on any atom is -0.465 e. The fourth-order valence-corrected chi connectivity index (χ4v) is 3.91. The molecule has 32 heavy (non-hydrogen) atoms. The molecule has 3 rings (SSSR count). The molecule has 1 atom stereocenters. The number of carbonyl (C=O) groups excluding carboxylic acids is 3. The van der Waals surface area contributed by atoms with Crippen LogP contribution in [0.5, 0.6) is 0 Å². The van der Waals surface area contributed by atoms with Crippen molar-refractivity contribution in [2.75, 3.05) is 14.2 Å². The van der Waals surface area contributed by atoms with Gasteiger partial charge in [-0.3, -0.25) is 4.79 Å². The van der Waals surface area contributed by atoms with Gasteiger partial charge >= 0.3 is 11.9 Å². The van der Waals surface area contributed by atoms with Gasteiger partial charge in [0.05, 0.1) is 19.8 Å². The minimum absolute atomic E-state index is 0.0569. The van der Waals surface area contributed by atoms with E-state index in [2.05, 4.69) is 0 Å². The van der Waals surface area contributed by atoms with E-state index in [-0.39, 0.29) is 16.8 Å². The molecule has 0 aromatic heterocycles. The SMILES string of the molecule is COC(=O)C1=C(C(=O)OC)N(C(C)C)C(O)(c2ccccc2)C1=CC(=O)c1ccccc1. The van der Waals surface area contributed by atoms with E-state index in [9.17, 15) is 19.5 Å². The Kier molecular flexibility index (Phi) is 6.60. The molecule has 0 aliphatic carbocycles. The van der Waals surface area contributed by atoms with Crippen LogP contribution in [0.25, 0.3) is 0 Å². The number of aliphatic hydroxyl groups is 1. The largest absolute Gasteiger partial charge is 0.465 e. The number of ether oxygens (including phenoxy) is 2. The van der Waals surface area contributed by atoms with Gasteiger partial charge in [-0.1, -0.05) is 60.7 Å². The first-order valence-electron chi connectivity index (χ1n) is 10.1. The second-order valence-corrected chi connectivity index (χ2v) is 7.50. The van der Waals surface area contributed by atoms with E-state index in [1.54, 1.807) is 74.5 Å². The van der Waals surface area contributed by atoms with Gasteiger partial charge in [-0.05, 0) is 19.9 Å². The summed E-state index contributed by atoms with van der Waals surface area (Å²) in [5.41, 5.74) is -1.70. The standard InChI is InChI=1S/C25H25NO6/c1-16(2)26-22(24(29)32-4)21(23(28)31-3)19(15-20(27)17-11-7-5-8-12-17)25(26,30)18-13-9-6-10-14-18/h5-16,30H,1-4H3. The molecule has 2 aromatic rings. The van der Waals surface area contributed by atoms with Crippen molar-refractivity contribution >= 4 is 17.7 Å². The second kappa shape index (κ2) is 9.20. The summed E-state index contributed by atoms with van der Waals surface area (Å²) in [7, 11) is 2.35. The number of carbonyl (C=O) groups is 3. The Hall–Kier alpha value is -3.71. The average molecular weight is 435 g/mol. The molecule has 1 unspecified atom stereocenters. The fourth-order valence-electron chi connectivity index (χ4n) is 3.91. The van der Waals surface area contributed by atoms with Gasteiger partial charge in [0.1, 0.15) is 5.70 Å². The van der Waals surface area contributed by atoms with Crippen molar-refractivity contribution in [1.82, 2.24) is 4.90 Å². The van der Waals surface area contributed by atoms with Gasteiger partial charge in [0.25, 0.3) is 0 Å². The predicted molar refractivity (Wildman–Crippen MR) is 117 cm³/mol. The molecule has 7 nitrogen and oxygen atoms in total. The topological polar surface area (TPSA) is 93.1 Å².